The number of ether oxygens (including phenoxy) is 1. The molecule has 8 nitrogen and oxygen atoms in total. The Morgan fingerprint density at radius 1 is 1.05 bits per heavy atom. The van der Waals surface area contributed by atoms with E-state index in [-0.39, 0.29) is 29.6 Å². The Morgan fingerprint density at radius 3 is 2.37 bits per heavy atom. The van der Waals surface area contributed by atoms with E-state index < -0.39 is 29.2 Å². The van der Waals surface area contributed by atoms with Crippen molar-refractivity contribution < 1.29 is 32.3 Å². The van der Waals surface area contributed by atoms with Crippen molar-refractivity contribution in [3.8, 4) is 5.69 Å². The molecule has 0 radical (unpaired) electrons. The fourth-order valence-electron chi connectivity index (χ4n) is 4.85. The van der Waals surface area contributed by atoms with Gasteiger partial charge in [0, 0.05) is 31.8 Å². The van der Waals surface area contributed by atoms with Gasteiger partial charge in [-0.3, -0.25) is 14.4 Å². The van der Waals surface area contributed by atoms with E-state index in [1.807, 2.05) is 12.1 Å². The van der Waals surface area contributed by atoms with Crippen molar-refractivity contribution in [2.45, 2.75) is 51.1 Å². The zero-order chi connectivity index (χ0) is 29.6. The van der Waals surface area contributed by atoms with E-state index in [4.69, 9.17) is 16.3 Å². The molecule has 0 saturated heterocycles. The van der Waals surface area contributed by atoms with Crippen LogP contribution in [0.4, 0.5) is 18.9 Å². The molecule has 41 heavy (non-hydrogen) atoms. The fourth-order valence-corrected chi connectivity index (χ4v) is 5.08. The van der Waals surface area contributed by atoms with Gasteiger partial charge in [0.1, 0.15) is 0 Å². The van der Waals surface area contributed by atoms with Crippen molar-refractivity contribution in [3.63, 3.8) is 0 Å². The van der Waals surface area contributed by atoms with Crippen LogP contribution in [0.5, 0.6) is 0 Å². The fraction of sp³-hybridized carbons (Fsp3) is 0.379. The van der Waals surface area contributed by atoms with Crippen LogP contribution >= 0.6 is 11.6 Å². The molecule has 1 heterocycles. The summed E-state index contributed by atoms with van der Waals surface area (Å²) < 4.78 is 46.8. The summed E-state index contributed by atoms with van der Waals surface area (Å²) >= 11 is 6.07. The number of rotatable bonds is 9. The molecule has 0 unspecified atom stereocenters. The Hall–Kier alpha value is -3.86. The number of nitrogens with one attached hydrogen (secondary N) is 2. The second-order valence-corrected chi connectivity index (χ2v) is 10.4. The van der Waals surface area contributed by atoms with Crippen LogP contribution in [-0.4, -0.2) is 40.7 Å². The van der Waals surface area contributed by atoms with E-state index in [0.717, 1.165) is 36.6 Å². The van der Waals surface area contributed by atoms with Gasteiger partial charge in [-0.1, -0.05) is 35.9 Å². The predicted molar refractivity (Wildman–Crippen MR) is 147 cm³/mol. The maximum absolute atomic E-state index is 13.6. The van der Waals surface area contributed by atoms with Crippen LogP contribution in [0, 0.1) is 5.92 Å². The largest absolute Gasteiger partial charge is 0.466 e. The summed E-state index contributed by atoms with van der Waals surface area (Å²) in [5.74, 6) is -0.883. The average molecular weight is 591 g/mol. The summed E-state index contributed by atoms with van der Waals surface area (Å²) in [7, 11) is 0. The Kier molecular flexibility index (Phi) is 9.69. The summed E-state index contributed by atoms with van der Waals surface area (Å²) in [4.78, 5) is 36.0. The number of benzene rings is 2. The number of anilines is 1. The van der Waals surface area contributed by atoms with Gasteiger partial charge in [0.15, 0.2) is 5.69 Å². The lowest BCUT2D eigenvalue weighted by Gasteiger charge is -2.28. The third kappa shape index (κ3) is 8.09. The summed E-state index contributed by atoms with van der Waals surface area (Å²) in [6.45, 7) is 1.70. The molecule has 4 rings (SSSR count). The molecule has 218 valence electrons. The highest BCUT2D eigenvalue weighted by atomic mass is 35.5. The van der Waals surface area contributed by atoms with E-state index in [9.17, 15) is 27.6 Å². The van der Waals surface area contributed by atoms with Gasteiger partial charge in [0.2, 0.25) is 5.91 Å². The quantitative estimate of drug-likeness (QED) is 0.292. The van der Waals surface area contributed by atoms with Gasteiger partial charge in [-0.2, -0.15) is 18.3 Å². The lowest BCUT2D eigenvalue weighted by molar-refractivity contribution is -0.143. The minimum atomic E-state index is -4.87. The number of nitrogens with zero attached hydrogens (tertiary/aromatic N) is 2. The van der Waals surface area contributed by atoms with Crippen molar-refractivity contribution in [2.75, 3.05) is 18.5 Å². The number of halogens is 4. The van der Waals surface area contributed by atoms with Crippen molar-refractivity contribution in [1.82, 2.24) is 15.1 Å². The molecule has 12 heteroatoms. The Balaban J connectivity index is 1.27. The molecule has 2 aromatic carbocycles. The molecule has 0 atom stereocenters. The first-order valence-corrected chi connectivity index (χ1v) is 13.6. The number of alkyl halides is 3. The highest BCUT2D eigenvalue weighted by Gasteiger charge is 2.39. The third-order valence-electron chi connectivity index (χ3n) is 7.00. The van der Waals surface area contributed by atoms with E-state index in [2.05, 4.69) is 15.7 Å². The zero-order valence-electron chi connectivity index (χ0n) is 22.3. The van der Waals surface area contributed by atoms with Crippen molar-refractivity contribution >= 4 is 35.1 Å². The number of aromatic nitrogens is 2. The Labute approximate surface area is 240 Å². The average Bonchev–Trinajstić information content (AvgIpc) is 3.39. The van der Waals surface area contributed by atoms with Gasteiger partial charge in [-0.05, 0) is 67.3 Å². The smallest absolute Gasteiger partial charge is 0.435 e. The normalized spacial score (nSPS) is 17.1. The van der Waals surface area contributed by atoms with E-state index in [1.54, 1.807) is 24.3 Å². The molecule has 2 amide bonds. The van der Waals surface area contributed by atoms with Crippen LogP contribution in [0.25, 0.3) is 5.69 Å². The van der Waals surface area contributed by atoms with Crippen molar-refractivity contribution in [3.05, 3.63) is 76.6 Å². The monoisotopic (exact) mass is 590 g/mol. The standard InChI is InChI=1S/C29H30ClF3N4O4/c1-18(38)41-17-19-6-8-20(9-7-19)21-10-12-22(13-11-21)35-26(39)14-15-34-28(40)23-16-37(36-27(23)29(31,32)33)25-5-3-2-4-24(25)30/h2-5,10-13,16,19-20H,6-9,14-15,17H2,1H3,(H,34,40)(H,35,39). The first-order valence-electron chi connectivity index (χ1n) is 13.2. The van der Waals surface area contributed by atoms with Gasteiger partial charge in [-0.25, -0.2) is 4.68 Å². The summed E-state index contributed by atoms with van der Waals surface area (Å²) in [6, 6.07) is 13.7. The summed E-state index contributed by atoms with van der Waals surface area (Å²) in [5, 5.41) is 8.81. The first kappa shape index (κ1) is 30.1. The van der Waals surface area contributed by atoms with Crippen LogP contribution in [0.3, 0.4) is 0 Å². The summed E-state index contributed by atoms with van der Waals surface area (Å²) in [5.41, 5.74) is -0.0878. The predicted octanol–water partition coefficient (Wildman–Crippen LogP) is 6.14. The second kappa shape index (κ2) is 13.2. The number of hydrogen-bond donors (Lipinski definition) is 2. The summed E-state index contributed by atoms with van der Waals surface area (Å²) in [6.07, 6.45) is -0.102. The highest BCUT2D eigenvalue weighted by molar-refractivity contribution is 6.32. The molecule has 1 aromatic heterocycles. The number of carbonyl (C=O) groups is 3. The number of esters is 1. The Bertz CT molecular complexity index is 1380. The molecule has 0 bridgehead atoms. The van der Waals surface area contributed by atoms with Gasteiger partial charge in [0.25, 0.3) is 5.91 Å². The number of hydrogen-bond acceptors (Lipinski definition) is 5. The molecule has 1 saturated carbocycles. The molecule has 2 N–H and O–H groups in total. The van der Waals surface area contributed by atoms with Crippen molar-refractivity contribution in [2.24, 2.45) is 5.92 Å². The topological polar surface area (TPSA) is 102 Å². The number of para-hydroxylation sites is 1. The van der Waals surface area contributed by atoms with Crippen LogP contribution in [0.2, 0.25) is 5.02 Å². The minimum Gasteiger partial charge on any atom is -0.466 e. The molecular weight excluding hydrogens is 561 g/mol. The molecule has 1 aliphatic rings. The molecule has 1 aliphatic carbocycles. The molecule has 1 fully saturated rings. The zero-order valence-corrected chi connectivity index (χ0v) is 23.1. The first-order chi connectivity index (χ1) is 19.5. The van der Waals surface area contributed by atoms with E-state index >= 15 is 0 Å². The second-order valence-electron chi connectivity index (χ2n) is 9.98. The van der Waals surface area contributed by atoms with Gasteiger partial charge < -0.3 is 15.4 Å². The highest BCUT2D eigenvalue weighted by Crippen LogP contribution is 2.36. The molecular formula is C29H30ClF3N4O4. The van der Waals surface area contributed by atoms with Crippen LogP contribution in [0.1, 0.15) is 66.6 Å². The van der Waals surface area contributed by atoms with Crippen LogP contribution < -0.4 is 10.6 Å². The van der Waals surface area contributed by atoms with Crippen LogP contribution in [-0.2, 0) is 20.5 Å². The maximum Gasteiger partial charge on any atom is 0.435 e. The van der Waals surface area contributed by atoms with E-state index in [0.29, 0.717) is 24.1 Å². The minimum absolute atomic E-state index is 0.139. The SMILES string of the molecule is CC(=O)OCC1CCC(c2ccc(NC(=O)CCNC(=O)c3cn(-c4ccccc4Cl)nc3C(F)(F)F)cc2)CC1. The van der Waals surface area contributed by atoms with Gasteiger partial charge >= 0.3 is 12.1 Å². The lowest BCUT2D eigenvalue weighted by Crippen LogP contribution is -2.29. The van der Waals surface area contributed by atoms with Crippen molar-refractivity contribution in [1.29, 1.82) is 0 Å². The lowest BCUT2D eigenvalue weighted by atomic mass is 9.79. The van der Waals surface area contributed by atoms with Crippen LogP contribution in [0.15, 0.2) is 54.7 Å². The van der Waals surface area contributed by atoms with Gasteiger partial charge in [0.05, 0.1) is 22.9 Å². The van der Waals surface area contributed by atoms with E-state index in [1.165, 1.54) is 24.6 Å². The maximum atomic E-state index is 13.6. The molecule has 0 spiro atoms. The number of carbonyl (C=O) groups excluding carboxylic acids is 3. The van der Waals surface area contributed by atoms with Gasteiger partial charge in [-0.15, -0.1) is 0 Å². The molecule has 3 aromatic rings. The number of amides is 2. The Morgan fingerprint density at radius 2 is 1.73 bits per heavy atom. The third-order valence-corrected chi connectivity index (χ3v) is 7.32. The molecule has 0 aliphatic heterocycles.